The van der Waals surface area contributed by atoms with Gasteiger partial charge in [-0.25, -0.2) is 0 Å². The van der Waals surface area contributed by atoms with Crippen LogP contribution in [0.4, 0.5) is 5.69 Å². The van der Waals surface area contributed by atoms with Crippen molar-refractivity contribution in [3.05, 3.63) is 74.3 Å². The largest absolute Gasteiger partial charge is 0.269 e. The predicted molar refractivity (Wildman–Crippen MR) is 142 cm³/mol. The average molecular weight is 482 g/mol. The molecule has 0 saturated heterocycles. The van der Waals surface area contributed by atoms with Crippen LogP contribution in [-0.4, -0.2) is 4.92 Å². The fourth-order valence-corrected chi connectivity index (χ4v) is 6.68. The van der Waals surface area contributed by atoms with E-state index < -0.39 is 0 Å². The number of hydrogen-bond donors (Lipinski definition) is 0. The molecule has 0 bridgehead atoms. The highest BCUT2D eigenvalue weighted by Gasteiger charge is 2.31. The van der Waals surface area contributed by atoms with Crippen molar-refractivity contribution >= 4 is 17.3 Å². The van der Waals surface area contributed by atoms with Gasteiger partial charge >= 0.3 is 0 Å². The van der Waals surface area contributed by atoms with Gasteiger partial charge in [0.2, 0.25) is 0 Å². The van der Waals surface area contributed by atoms with Gasteiger partial charge in [0, 0.05) is 17.2 Å². The first-order valence-corrected chi connectivity index (χ1v) is 13.9. The summed E-state index contributed by atoms with van der Waals surface area (Å²) in [7, 11) is 0. The summed E-state index contributed by atoms with van der Waals surface area (Å²) in [6, 6.07) is 13.6. The number of nitro benzene ring substituents is 1. The summed E-state index contributed by atoms with van der Waals surface area (Å²) >= 11 is 6.30. The molecule has 2 aliphatic carbocycles. The fourth-order valence-electron chi connectivity index (χ4n) is 6.49. The smallest absolute Gasteiger partial charge is 0.258 e. The Bertz CT molecular complexity index is 925. The van der Waals surface area contributed by atoms with Crippen molar-refractivity contribution in [2.24, 2.45) is 17.8 Å². The third kappa shape index (κ3) is 6.62. The van der Waals surface area contributed by atoms with Gasteiger partial charge < -0.3 is 0 Å². The fraction of sp³-hybridized carbons (Fsp3) is 0.600. The summed E-state index contributed by atoms with van der Waals surface area (Å²) in [5, 5.41) is 11.7. The lowest BCUT2D eigenvalue weighted by Crippen LogP contribution is -2.25. The van der Waals surface area contributed by atoms with E-state index in [0.717, 1.165) is 28.9 Å². The Morgan fingerprint density at radius 2 is 1.53 bits per heavy atom. The van der Waals surface area contributed by atoms with Crippen LogP contribution >= 0.6 is 11.6 Å². The minimum absolute atomic E-state index is 0.0951. The summed E-state index contributed by atoms with van der Waals surface area (Å²) in [6.07, 6.45) is 17.6. The van der Waals surface area contributed by atoms with Crippen molar-refractivity contribution in [2.45, 2.75) is 96.3 Å². The molecule has 0 aliphatic heterocycles. The molecule has 0 radical (unpaired) electrons. The minimum Gasteiger partial charge on any atom is -0.258 e. The van der Waals surface area contributed by atoms with Gasteiger partial charge in [-0.3, -0.25) is 10.1 Å². The molecule has 0 heterocycles. The topological polar surface area (TPSA) is 43.1 Å². The van der Waals surface area contributed by atoms with Gasteiger partial charge in [0.05, 0.1) is 4.92 Å². The Morgan fingerprint density at radius 3 is 2.15 bits per heavy atom. The van der Waals surface area contributed by atoms with Crippen LogP contribution < -0.4 is 0 Å². The van der Waals surface area contributed by atoms with Crippen LogP contribution in [0.25, 0.3) is 0 Å². The van der Waals surface area contributed by atoms with Gasteiger partial charge in [-0.1, -0.05) is 81.3 Å². The maximum Gasteiger partial charge on any atom is 0.269 e. The highest BCUT2D eigenvalue weighted by Crippen LogP contribution is 2.44. The van der Waals surface area contributed by atoms with E-state index in [1.807, 2.05) is 0 Å². The number of non-ortho nitro benzene ring substituents is 1. The Labute approximate surface area is 210 Å². The third-order valence-corrected chi connectivity index (χ3v) is 9.00. The van der Waals surface area contributed by atoms with Crippen LogP contribution in [0.3, 0.4) is 0 Å². The van der Waals surface area contributed by atoms with Crippen LogP contribution in [-0.2, 0) is 6.42 Å². The molecule has 0 N–H and O–H groups in total. The van der Waals surface area contributed by atoms with Gasteiger partial charge in [-0.05, 0) is 91.4 Å². The molecule has 0 atom stereocenters. The summed E-state index contributed by atoms with van der Waals surface area (Å²) in [4.78, 5) is 10.7. The number of rotatable bonds is 9. The molecule has 0 amide bonds. The third-order valence-electron chi connectivity index (χ3n) is 8.63. The van der Waals surface area contributed by atoms with E-state index >= 15 is 0 Å². The molecule has 34 heavy (non-hydrogen) atoms. The quantitative estimate of drug-likeness (QED) is 0.203. The number of hydrogen-bond acceptors (Lipinski definition) is 2. The lowest BCUT2D eigenvalue weighted by Gasteiger charge is -2.38. The van der Waals surface area contributed by atoms with Gasteiger partial charge in [-0.15, -0.1) is 0 Å². The van der Waals surface area contributed by atoms with E-state index in [9.17, 15) is 10.1 Å². The lowest BCUT2D eigenvalue weighted by molar-refractivity contribution is -0.384. The Hall–Kier alpha value is -1.87. The standard InChI is InChI=1S/C30H40ClNO2/c1-2-3-4-5-22-6-10-24(11-7-22)26-14-16-27(17-15-26)25-12-8-23(9-13-25)20-28-21-29(32(33)34)18-19-30(28)31/h8-9,12-13,18-19,21-22,24,26-27H,2-7,10-11,14-17,20H2,1H3. The lowest BCUT2D eigenvalue weighted by atomic mass is 9.68. The Morgan fingerprint density at radius 1 is 0.882 bits per heavy atom. The number of nitrogens with zero attached hydrogens (tertiary/aromatic N) is 1. The first kappa shape index (κ1) is 25.2. The molecule has 2 saturated carbocycles. The van der Waals surface area contributed by atoms with Crippen LogP contribution in [0.5, 0.6) is 0 Å². The van der Waals surface area contributed by atoms with E-state index in [1.54, 1.807) is 12.1 Å². The van der Waals surface area contributed by atoms with Gasteiger partial charge in [0.1, 0.15) is 0 Å². The van der Waals surface area contributed by atoms with Gasteiger partial charge in [0.25, 0.3) is 5.69 Å². The molecular weight excluding hydrogens is 442 g/mol. The van der Waals surface area contributed by atoms with Crippen molar-refractivity contribution in [3.8, 4) is 0 Å². The number of unbranched alkanes of at least 4 members (excludes halogenated alkanes) is 2. The van der Waals surface area contributed by atoms with E-state index in [-0.39, 0.29) is 10.6 Å². The van der Waals surface area contributed by atoms with Crippen molar-refractivity contribution < 1.29 is 4.92 Å². The Balaban J connectivity index is 1.25. The van der Waals surface area contributed by atoms with E-state index in [2.05, 4.69) is 31.2 Å². The summed E-state index contributed by atoms with van der Waals surface area (Å²) < 4.78 is 0. The first-order chi connectivity index (χ1) is 16.5. The zero-order valence-electron chi connectivity index (χ0n) is 20.7. The molecule has 2 aromatic rings. The molecule has 4 heteroatoms. The van der Waals surface area contributed by atoms with Crippen molar-refractivity contribution in [3.63, 3.8) is 0 Å². The monoisotopic (exact) mass is 481 g/mol. The summed E-state index contributed by atoms with van der Waals surface area (Å²) in [5.74, 6) is 3.61. The highest BCUT2D eigenvalue weighted by atomic mass is 35.5. The van der Waals surface area contributed by atoms with E-state index in [1.165, 1.54) is 88.7 Å². The maximum absolute atomic E-state index is 11.1. The molecule has 2 aromatic carbocycles. The molecule has 184 valence electrons. The Kier molecular flexibility index (Phi) is 9.05. The van der Waals surface area contributed by atoms with Crippen LogP contribution in [0.15, 0.2) is 42.5 Å². The zero-order chi connectivity index (χ0) is 23.9. The molecule has 0 unspecified atom stereocenters. The minimum atomic E-state index is -0.363. The zero-order valence-corrected chi connectivity index (χ0v) is 21.4. The summed E-state index contributed by atoms with van der Waals surface area (Å²) in [5.41, 5.74) is 3.50. The number of nitro groups is 1. The SMILES string of the molecule is CCCCCC1CCC(C2CCC(c3ccc(Cc4cc([N+](=O)[O-])ccc4Cl)cc3)CC2)CC1. The van der Waals surface area contributed by atoms with Crippen LogP contribution in [0, 0.1) is 27.9 Å². The van der Waals surface area contributed by atoms with Crippen LogP contribution in [0.1, 0.15) is 107 Å². The van der Waals surface area contributed by atoms with Crippen molar-refractivity contribution in [1.82, 2.24) is 0 Å². The normalized spacial score (nSPS) is 25.2. The second-order valence-corrected chi connectivity index (χ2v) is 11.2. The van der Waals surface area contributed by atoms with Gasteiger partial charge in [-0.2, -0.15) is 0 Å². The molecule has 4 rings (SSSR count). The van der Waals surface area contributed by atoms with Crippen molar-refractivity contribution in [2.75, 3.05) is 0 Å². The average Bonchev–Trinajstić information content (AvgIpc) is 2.86. The molecule has 2 aliphatic rings. The molecule has 2 fully saturated rings. The molecule has 0 spiro atoms. The second-order valence-electron chi connectivity index (χ2n) is 10.8. The predicted octanol–water partition coefficient (Wildman–Crippen LogP) is 9.50. The van der Waals surface area contributed by atoms with E-state index in [0.29, 0.717) is 17.4 Å². The molecule has 3 nitrogen and oxygen atoms in total. The van der Waals surface area contributed by atoms with Crippen LogP contribution in [0.2, 0.25) is 5.02 Å². The summed E-state index contributed by atoms with van der Waals surface area (Å²) in [6.45, 7) is 2.30. The molecular formula is C30H40ClNO2. The number of halogens is 1. The van der Waals surface area contributed by atoms with E-state index in [4.69, 9.17) is 11.6 Å². The first-order valence-electron chi connectivity index (χ1n) is 13.5. The highest BCUT2D eigenvalue weighted by molar-refractivity contribution is 6.31. The molecule has 0 aromatic heterocycles. The maximum atomic E-state index is 11.1. The number of benzene rings is 2. The second kappa shape index (κ2) is 12.2. The van der Waals surface area contributed by atoms with Gasteiger partial charge in [0.15, 0.2) is 0 Å². The van der Waals surface area contributed by atoms with Crippen molar-refractivity contribution in [1.29, 1.82) is 0 Å².